The highest BCUT2D eigenvalue weighted by atomic mass is 35.5. The van der Waals surface area contributed by atoms with Gasteiger partial charge in [0.25, 0.3) is 11.7 Å². The van der Waals surface area contributed by atoms with Gasteiger partial charge in [-0.05, 0) is 35.9 Å². The Hall–Kier alpha value is -2.79. The van der Waals surface area contributed by atoms with E-state index >= 15 is 0 Å². The van der Waals surface area contributed by atoms with Crippen LogP contribution in [-0.2, 0) is 9.59 Å². The van der Waals surface area contributed by atoms with Crippen molar-refractivity contribution in [3.8, 4) is 0 Å². The number of nitrogens with zero attached hydrogens (tertiary/aromatic N) is 1. The van der Waals surface area contributed by atoms with Crippen LogP contribution in [0.15, 0.2) is 78.4 Å². The summed E-state index contributed by atoms with van der Waals surface area (Å²) in [7, 11) is 0. The van der Waals surface area contributed by atoms with Gasteiger partial charge in [0, 0.05) is 26.3 Å². The second-order valence-electron chi connectivity index (χ2n) is 6.68. The number of aliphatic hydroxyl groups is 1. The zero-order valence-electron chi connectivity index (χ0n) is 15.4. The molecule has 1 atom stereocenters. The molecule has 1 amide bonds. The zero-order valence-corrected chi connectivity index (χ0v) is 17.6. The normalized spacial score (nSPS) is 18.1. The molecule has 1 saturated heterocycles. The third kappa shape index (κ3) is 3.58. The van der Waals surface area contributed by atoms with Crippen LogP contribution in [0.25, 0.3) is 5.76 Å². The number of carbonyl (C=O) groups excluding carboxylic acids is 2. The quantitative estimate of drug-likeness (QED) is 0.286. The zero-order chi connectivity index (χ0) is 21.4. The van der Waals surface area contributed by atoms with Crippen LogP contribution in [0.5, 0.6) is 0 Å². The van der Waals surface area contributed by atoms with E-state index in [1.54, 1.807) is 66.7 Å². The van der Waals surface area contributed by atoms with Gasteiger partial charge in [0.05, 0.1) is 11.6 Å². The van der Waals surface area contributed by atoms with Gasteiger partial charge in [-0.15, -0.1) is 0 Å². The first kappa shape index (κ1) is 20.5. The molecule has 0 spiro atoms. The molecule has 1 unspecified atom stereocenters. The molecule has 0 saturated carbocycles. The fraction of sp³-hybridized carbons (Fsp3) is 0.0435. The molecule has 1 aliphatic rings. The highest BCUT2D eigenvalue weighted by Crippen LogP contribution is 2.44. The molecule has 1 aliphatic heterocycles. The van der Waals surface area contributed by atoms with Crippen LogP contribution >= 0.6 is 34.8 Å². The van der Waals surface area contributed by atoms with Crippen molar-refractivity contribution < 1.29 is 14.7 Å². The number of halogens is 3. The van der Waals surface area contributed by atoms with E-state index in [9.17, 15) is 14.7 Å². The van der Waals surface area contributed by atoms with E-state index in [0.29, 0.717) is 26.9 Å². The Bertz CT molecular complexity index is 1190. The van der Waals surface area contributed by atoms with Crippen molar-refractivity contribution in [3.05, 3.63) is 105 Å². The Morgan fingerprint density at radius 3 is 2.20 bits per heavy atom. The summed E-state index contributed by atoms with van der Waals surface area (Å²) in [5.41, 5.74) is 1.22. The number of hydrogen-bond acceptors (Lipinski definition) is 3. The molecule has 0 radical (unpaired) electrons. The lowest BCUT2D eigenvalue weighted by atomic mass is 9.95. The molecule has 7 heteroatoms. The van der Waals surface area contributed by atoms with Gasteiger partial charge >= 0.3 is 0 Å². The Kier molecular flexibility index (Phi) is 5.56. The number of aliphatic hydroxyl groups excluding tert-OH is 1. The lowest BCUT2D eigenvalue weighted by Gasteiger charge is -2.26. The molecule has 3 aromatic rings. The molecule has 3 aromatic carbocycles. The standard InChI is InChI=1S/C23H14Cl3NO3/c24-14-7-4-8-16(11-14)27-20(17-10-9-15(25)12-18(17)26)19(22(29)23(27)30)21(28)13-5-2-1-3-6-13/h1-12,20,28H/b21-19+. The summed E-state index contributed by atoms with van der Waals surface area (Å²) in [4.78, 5) is 27.4. The van der Waals surface area contributed by atoms with Crippen molar-refractivity contribution in [2.24, 2.45) is 0 Å². The van der Waals surface area contributed by atoms with Crippen LogP contribution in [0.1, 0.15) is 17.2 Å². The number of amides is 1. The minimum absolute atomic E-state index is 0.0598. The van der Waals surface area contributed by atoms with E-state index in [1.165, 1.54) is 11.0 Å². The number of Topliss-reactive ketones (excluding diaryl/α,β-unsaturated/α-hetero) is 1. The fourth-order valence-corrected chi connectivity index (χ4v) is 4.19. The summed E-state index contributed by atoms with van der Waals surface area (Å²) in [5.74, 6) is -1.88. The van der Waals surface area contributed by atoms with Gasteiger partial charge in [-0.1, -0.05) is 77.3 Å². The maximum absolute atomic E-state index is 13.0. The minimum Gasteiger partial charge on any atom is -0.507 e. The van der Waals surface area contributed by atoms with Crippen LogP contribution < -0.4 is 4.90 Å². The van der Waals surface area contributed by atoms with Crippen molar-refractivity contribution in [2.45, 2.75) is 6.04 Å². The van der Waals surface area contributed by atoms with Crippen molar-refractivity contribution in [1.29, 1.82) is 0 Å². The summed E-state index contributed by atoms with van der Waals surface area (Å²) >= 11 is 18.6. The van der Waals surface area contributed by atoms with Gasteiger partial charge in [0.15, 0.2) is 0 Å². The van der Waals surface area contributed by atoms with Crippen LogP contribution in [-0.4, -0.2) is 16.8 Å². The molecule has 0 aromatic heterocycles. The van der Waals surface area contributed by atoms with Crippen molar-refractivity contribution in [2.75, 3.05) is 4.90 Å². The highest BCUT2D eigenvalue weighted by molar-refractivity contribution is 6.52. The van der Waals surface area contributed by atoms with Gasteiger partial charge in [-0.3, -0.25) is 14.5 Å². The molecule has 150 valence electrons. The number of rotatable bonds is 3. The highest BCUT2D eigenvalue weighted by Gasteiger charge is 2.47. The summed E-state index contributed by atoms with van der Waals surface area (Å²) in [5, 5.41) is 12.1. The number of ketones is 1. The SMILES string of the molecule is O=C1C(=O)N(c2cccc(Cl)c2)C(c2ccc(Cl)cc2Cl)/C1=C(\O)c1ccccc1. The smallest absolute Gasteiger partial charge is 0.300 e. The van der Waals surface area contributed by atoms with E-state index in [2.05, 4.69) is 0 Å². The van der Waals surface area contributed by atoms with Crippen LogP contribution in [0, 0.1) is 0 Å². The van der Waals surface area contributed by atoms with Crippen molar-refractivity contribution in [1.82, 2.24) is 0 Å². The van der Waals surface area contributed by atoms with E-state index in [0.717, 1.165) is 0 Å². The van der Waals surface area contributed by atoms with E-state index in [4.69, 9.17) is 34.8 Å². The van der Waals surface area contributed by atoms with Gasteiger partial charge in [0.2, 0.25) is 0 Å². The molecule has 1 N–H and O–H groups in total. The van der Waals surface area contributed by atoms with Crippen molar-refractivity contribution >= 4 is 57.9 Å². The van der Waals surface area contributed by atoms with Gasteiger partial charge in [-0.25, -0.2) is 0 Å². The Balaban J connectivity index is 1.99. The maximum atomic E-state index is 13.0. The molecule has 30 heavy (non-hydrogen) atoms. The Labute approximate surface area is 187 Å². The van der Waals surface area contributed by atoms with Gasteiger partial charge in [-0.2, -0.15) is 0 Å². The predicted molar refractivity (Wildman–Crippen MR) is 119 cm³/mol. The molecular formula is C23H14Cl3NO3. The number of hydrogen-bond donors (Lipinski definition) is 1. The fourth-order valence-electron chi connectivity index (χ4n) is 3.49. The van der Waals surface area contributed by atoms with Crippen LogP contribution in [0.3, 0.4) is 0 Å². The predicted octanol–water partition coefficient (Wildman–Crippen LogP) is 6.27. The van der Waals surface area contributed by atoms with Gasteiger partial charge < -0.3 is 5.11 Å². The monoisotopic (exact) mass is 457 g/mol. The van der Waals surface area contributed by atoms with E-state index in [1.807, 2.05) is 0 Å². The lowest BCUT2D eigenvalue weighted by Crippen LogP contribution is -2.29. The Morgan fingerprint density at radius 2 is 1.53 bits per heavy atom. The first-order valence-corrected chi connectivity index (χ1v) is 10.1. The van der Waals surface area contributed by atoms with Gasteiger partial charge in [0.1, 0.15) is 5.76 Å². The average Bonchev–Trinajstić information content (AvgIpc) is 2.99. The second kappa shape index (κ2) is 8.15. The molecular weight excluding hydrogens is 445 g/mol. The first-order valence-electron chi connectivity index (χ1n) is 8.95. The largest absolute Gasteiger partial charge is 0.507 e. The number of carbonyl (C=O) groups is 2. The molecule has 1 fully saturated rings. The molecule has 4 rings (SSSR count). The lowest BCUT2D eigenvalue weighted by molar-refractivity contribution is -0.132. The minimum atomic E-state index is -0.951. The third-order valence-corrected chi connectivity index (χ3v) is 5.63. The Morgan fingerprint density at radius 1 is 0.833 bits per heavy atom. The van der Waals surface area contributed by atoms with E-state index < -0.39 is 17.7 Å². The second-order valence-corrected chi connectivity index (χ2v) is 7.96. The summed E-state index contributed by atoms with van der Waals surface area (Å²) in [6.07, 6.45) is 0. The van der Waals surface area contributed by atoms with Crippen LogP contribution in [0.2, 0.25) is 15.1 Å². The number of anilines is 1. The summed E-state index contributed by atoms with van der Waals surface area (Å²) in [6, 6.07) is 19.0. The van der Waals surface area contributed by atoms with Crippen molar-refractivity contribution in [3.63, 3.8) is 0 Å². The molecule has 4 nitrogen and oxygen atoms in total. The molecule has 0 aliphatic carbocycles. The molecule has 0 bridgehead atoms. The third-order valence-electron chi connectivity index (χ3n) is 4.84. The van der Waals surface area contributed by atoms with Crippen LogP contribution in [0.4, 0.5) is 5.69 Å². The average molecular weight is 459 g/mol. The first-order chi connectivity index (χ1) is 14.4. The van der Waals surface area contributed by atoms with E-state index in [-0.39, 0.29) is 16.4 Å². The molecule has 1 heterocycles. The summed E-state index contributed by atoms with van der Waals surface area (Å²) in [6.45, 7) is 0. The summed E-state index contributed by atoms with van der Waals surface area (Å²) < 4.78 is 0. The topological polar surface area (TPSA) is 57.6 Å². The number of benzene rings is 3. The maximum Gasteiger partial charge on any atom is 0.300 e.